The third-order valence-corrected chi connectivity index (χ3v) is 7.56. The zero-order valence-electron chi connectivity index (χ0n) is 15.3. The summed E-state index contributed by atoms with van der Waals surface area (Å²) in [6.45, 7) is 0. The van der Waals surface area contributed by atoms with Crippen molar-refractivity contribution in [2.75, 3.05) is 11.9 Å². The van der Waals surface area contributed by atoms with E-state index in [1.54, 1.807) is 11.3 Å². The van der Waals surface area contributed by atoms with Crippen molar-refractivity contribution >= 4 is 48.8 Å². The van der Waals surface area contributed by atoms with E-state index in [1.165, 1.54) is 37.3 Å². The van der Waals surface area contributed by atoms with Crippen molar-refractivity contribution in [3.63, 3.8) is 0 Å². The predicted molar refractivity (Wildman–Crippen MR) is 120 cm³/mol. The molecular weight excluding hydrogens is 382 g/mol. The van der Waals surface area contributed by atoms with Crippen LogP contribution in [0.2, 0.25) is 0 Å². The minimum Gasteiger partial charge on any atom is -0.367 e. The van der Waals surface area contributed by atoms with E-state index in [0.717, 1.165) is 16.8 Å². The third-order valence-electron chi connectivity index (χ3n) is 5.64. The number of aromatic nitrogens is 2. The Morgan fingerprint density at radius 2 is 1.96 bits per heavy atom. The minimum absolute atomic E-state index is 0.311. The number of pyridine rings is 1. The van der Waals surface area contributed by atoms with Crippen LogP contribution in [0.5, 0.6) is 0 Å². The highest BCUT2D eigenvalue weighted by atomic mass is 32.1. The molecule has 0 radical (unpaired) electrons. The lowest BCUT2D eigenvalue weighted by atomic mass is 10.0. The highest BCUT2D eigenvalue weighted by Crippen LogP contribution is 2.42. The molecule has 6 rings (SSSR count). The van der Waals surface area contributed by atoms with Gasteiger partial charge in [0.15, 0.2) is 0 Å². The van der Waals surface area contributed by atoms with Crippen LogP contribution in [0.15, 0.2) is 66.3 Å². The van der Waals surface area contributed by atoms with Gasteiger partial charge in [0.05, 0.1) is 11.6 Å². The lowest BCUT2D eigenvalue weighted by molar-refractivity contribution is 0.714. The van der Waals surface area contributed by atoms with Gasteiger partial charge in [-0.05, 0) is 58.8 Å². The van der Waals surface area contributed by atoms with E-state index in [9.17, 15) is 0 Å². The van der Waals surface area contributed by atoms with Gasteiger partial charge in [0.1, 0.15) is 10.3 Å². The van der Waals surface area contributed by atoms with Gasteiger partial charge in [-0.3, -0.25) is 0 Å². The molecule has 3 nitrogen and oxygen atoms in total. The van der Waals surface area contributed by atoms with Crippen molar-refractivity contribution in [1.82, 2.24) is 9.97 Å². The molecule has 0 spiro atoms. The Hall–Kier alpha value is -2.76. The van der Waals surface area contributed by atoms with Gasteiger partial charge in [-0.15, -0.1) is 22.7 Å². The largest absolute Gasteiger partial charge is 0.367 e. The number of benzene rings is 2. The van der Waals surface area contributed by atoms with E-state index < -0.39 is 0 Å². The monoisotopic (exact) mass is 399 g/mol. The maximum absolute atomic E-state index is 4.60. The molecule has 1 atom stereocenters. The maximum atomic E-state index is 4.60. The van der Waals surface area contributed by atoms with Crippen LogP contribution in [0, 0.1) is 0 Å². The number of rotatable bonds is 2. The molecule has 2 aromatic carbocycles. The van der Waals surface area contributed by atoms with Gasteiger partial charge >= 0.3 is 0 Å². The average Bonchev–Trinajstić information content (AvgIpc) is 3.43. The quantitative estimate of drug-likeness (QED) is 0.348. The average molecular weight is 400 g/mol. The van der Waals surface area contributed by atoms with E-state index in [-0.39, 0.29) is 0 Å². The Kier molecular flexibility index (Phi) is 3.55. The molecule has 1 aliphatic heterocycles. The number of nitrogens with zero attached hydrogens (tertiary/aromatic N) is 3. The number of hydrogen-bond donors (Lipinski definition) is 0. The Morgan fingerprint density at radius 1 is 1.04 bits per heavy atom. The summed E-state index contributed by atoms with van der Waals surface area (Å²) in [5.41, 5.74) is 8.13. The number of hydrogen-bond acceptors (Lipinski definition) is 5. The molecule has 136 valence electrons. The summed E-state index contributed by atoms with van der Waals surface area (Å²) < 4.78 is 1.34. The summed E-state index contributed by atoms with van der Waals surface area (Å²) in [5.74, 6) is 0. The van der Waals surface area contributed by atoms with Crippen molar-refractivity contribution in [3.8, 4) is 10.4 Å². The number of likely N-dealkylation sites (N-methyl/N-ethyl adjacent to an activating group) is 1. The van der Waals surface area contributed by atoms with E-state index in [2.05, 4.69) is 76.5 Å². The van der Waals surface area contributed by atoms with Crippen molar-refractivity contribution < 1.29 is 0 Å². The van der Waals surface area contributed by atoms with Crippen LogP contribution in [0.1, 0.15) is 17.2 Å². The summed E-state index contributed by atoms with van der Waals surface area (Å²) in [6, 6.07) is 20.3. The molecule has 0 fully saturated rings. The molecule has 0 amide bonds. The van der Waals surface area contributed by atoms with Gasteiger partial charge in [0.2, 0.25) is 0 Å². The first kappa shape index (κ1) is 16.2. The van der Waals surface area contributed by atoms with Gasteiger partial charge in [0, 0.05) is 28.5 Å². The second-order valence-corrected chi connectivity index (χ2v) is 9.19. The zero-order valence-corrected chi connectivity index (χ0v) is 16.9. The standard InChI is InChI=1S/C23H17N3S2/c1-26-19-7-6-15(22-11-14-4-2-3-5-21(14)28-22)8-16(19)10-20(26)17-9-18-23(24-12-17)27-13-25-18/h2-9,11-13,20H,10H2,1H3. The highest BCUT2D eigenvalue weighted by molar-refractivity contribution is 7.22. The second kappa shape index (κ2) is 6.12. The Balaban J connectivity index is 1.38. The first-order chi connectivity index (χ1) is 13.8. The number of fused-ring (bicyclic) bond motifs is 3. The topological polar surface area (TPSA) is 29.0 Å². The maximum Gasteiger partial charge on any atom is 0.143 e. The van der Waals surface area contributed by atoms with Crippen LogP contribution in [0.25, 0.3) is 30.9 Å². The van der Waals surface area contributed by atoms with E-state index in [0.29, 0.717) is 6.04 Å². The van der Waals surface area contributed by atoms with Crippen molar-refractivity contribution in [1.29, 1.82) is 0 Å². The summed E-state index contributed by atoms with van der Waals surface area (Å²) >= 11 is 3.46. The van der Waals surface area contributed by atoms with Crippen molar-refractivity contribution in [3.05, 3.63) is 77.4 Å². The summed E-state index contributed by atoms with van der Waals surface area (Å²) in [5, 5.41) is 1.32. The SMILES string of the molecule is CN1c2ccc(-c3cc4ccccc4s3)cc2CC1c1cnc2scnc2c1. The number of anilines is 1. The zero-order chi connectivity index (χ0) is 18.7. The van der Waals surface area contributed by atoms with Crippen LogP contribution in [-0.4, -0.2) is 17.0 Å². The molecule has 4 heterocycles. The van der Waals surface area contributed by atoms with E-state index >= 15 is 0 Å². The Morgan fingerprint density at radius 3 is 2.89 bits per heavy atom. The third kappa shape index (κ3) is 2.47. The fourth-order valence-corrected chi connectivity index (χ4v) is 5.85. The van der Waals surface area contributed by atoms with Gasteiger partial charge in [-0.1, -0.05) is 24.3 Å². The number of thiophene rings is 1. The molecule has 0 bridgehead atoms. The summed E-state index contributed by atoms with van der Waals surface area (Å²) in [6.07, 6.45) is 3.02. The summed E-state index contributed by atoms with van der Waals surface area (Å²) in [4.78, 5) is 13.8. The molecule has 0 saturated heterocycles. The molecule has 1 aliphatic rings. The molecule has 0 aliphatic carbocycles. The lowest BCUT2D eigenvalue weighted by Gasteiger charge is -2.22. The Labute approximate surface area is 170 Å². The van der Waals surface area contributed by atoms with Gasteiger partial charge in [-0.25, -0.2) is 9.97 Å². The van der Waals surface area contributed by atoms with Gasteiger partial charge in [-0.2, -0.15) is 0 Å². The molecule has 3 aromatic heterocycles. The second-order valence-electron chi connectivity index (χ2n) is 7.27. The Bertz CT molecular complexity index is 1300. The van der Waals surface area contributed by atoms with Crippen LogP contribution >= 0.6 is 22.7 Å². The molecule has 5 aromatic rings. The van der Waals surface area contributed by atoms with E-state index in [4.69, 9.17) is 0 Å². The minimum atomic E-state index is 0.311. The molecule has 5 heteroatoms. The lowest BCUT2D eigenvalue weighted by Crippen LogP contribution is -2.19. The van der Waals surface area contributed by atoms with Crippen LogP contribution < -0.4 is 4.90 Å². The van der Waals surface area contributed by atoms with Gasteiger partial charge < -0.3 is 4.90 Å². The fraction of sp³-hybridized carbons (Fsp3) is 0.130. The highest BCUT2D eigenvalue weighted by Gasteiger charge is 2.28. The molecule has 28 heavy (non-hydrogen) atoms. The predicted octanol–water partition coefficient (Wildman–Crippen LogP) is 6.31. The smallest absolute Gasteiger partial charge is 0.143 e. The van der Waals surface area contributed by atoms with Crippen LogP contribution in [0.4, 0.5) is 5.69 Å². The van der Waals surface area contributed by atoms with Crippen LogP contribution in [0.3, 0.4) is 0 Å². The van der Waals surface area contributed by atoms with Crippen LogP contribution in [-0.2, 0) is 6.42 Å². The summed E-state index contributed by atoms with van der Waals surface area (Å²) in [7, 11) is 2.18. The molecule has 1 unspecified atom stereocenters. The normalized spacial score (nSPS) is 16.2. The molecule has 0 N–H and O–H groups in total. The molecule has 0 saturated carbocycles. The van der Waals surface area contributed by atoms with Gasteiger partial charge in [0.25, 0.3) is 0 Å². The first-order valence-corrected chi connectivity index (χ1v) is 11.0. The van der Waals surface area contributed by atoms with Crippen molar-refractivity contribution in [2.24, 2.45) is 0 Å². The fourth-order valence-electron chi connectivity index (χ4n) is 4.18. The molecular formula is C23H17N3S2. The number of thiazole rings is 1. The first-order valence-electron chi connectivity index (χ1n) is 9.30. The van der Waals surface area contributed by atoms with Crippen molar-refractivity contribution in [2.45, 2.75) is 12.5 Å². The van der Waals surface area contributed by atoms with E-state index in [1.807, 2.05) is 23.0 Å².